The molecule has 1 saturated heterocycles. The molecule has 1 fully saturated rings. The summed E-state index contributed by atoms with van der Waals surface area (Å²) in [5, 5.41) is 2.84. The summed E-state index contributed by atoms with van der Waals surface area (Å²) in [4.78, 5) is 4.14. The van der Waals surface area contributed by atoms with E-state index >= 15 is 0 Å². The summed E-state index contributed by atoms with van der Waals surface area (Å²) in [5.41, 5.74) is 6.03. The van der Waals surface area contributed by atoms with Gasteiger partial charge in [-0.2, -0.15) is 0 Å². The van der Waals surface area contributed by atoms with Gasteiger partial charge >= 0.3 is 0 Å². The van der Waals surface area contributed by atoms with Crippen LogP contribution in [-0.4, -0.2) is 31.8 Å². The third kappa shape index (κ3) is 4.63. The quantitative estimate of drug-likeness (QED) is 0.495. The standard InChI is InChI=1S/C14H18F3N3O/c15-11-6-9(7-12(16)13(11)17)3-4-19-14(18)20-8-10-2-1-5-21-10/h6-7,10H,1-5,8H2,(H3,18,19,20). The molecular formula is C14H18F3N3O. The summed E-state index contributed by atoms with van der Waals surface area (Å²) < 4.78 is 44.2. The van der Waals surface area contributed by atoms with Crippen molar-refractivity contribution in [3.05, 3.63) is 35.1 Å². The van der Waals surface area contributed by atoms with E-state index in [1.807, 2.05) is 0 Å². The van der Waals surface area contributed by atoms with Gasteiger partial charge < -0.3 is 15.8 Å². The molecule has 1 aliphatic heterocycles. The second-order valence-corrected chi connectivity index (χ2v) is 4.91. The van der Waals surface area contributed by atoms with Gasteiger partial charge in [-0.15, -0.1) is 0 Å². The molecule has 0 aromatic heterocycles. The number of nitrogens with zero attached hydrogens (tertiary/aromatic N) is 1. The number of nitrogens with one attached hydrogen (secondary N) is 1. The van der Waals surface area contributed by atoms with Crippen molar-refractivity contribution >= 4 is 5.96 Å². The molecule has 1 heterocycles. The molecule has 4 nitrogen and oxygen atoms in total. The molecule has 0 aliphatic carbocycles. The molecule has 116 valence electrons. The van der Waals surface area contributed by atoms with E-state index in [9.17, 15) is 13.2 Å². The van der Waals surface area contributed by atoms with Crippen LogP contribution in [0.15, 0.2) is 17.1 Å². The Labute approximate surface area is 121 Å². The summed E-state index contributed by atoms with van der Waals surface area (Å²) in [6.45, 7) is 1.61. The first-order valence-corrected chi connectivity index (χ1v) is 6.85. The Balaban J connectivity index is 1.76. The highest BCUT2D eigenvalue weighted by atomic mass is 19.2. The second kappa shape index (κ2) is 7.31. The summed E-state index contributed by atoms with van der Waals surface area (Å²) in [5.74, 6) is -3.58. The predicted octanol–water partition coefficient (Wildman–Crippen LogP) is 1.73. The minimum absolute atomic E-state index is 0.116. The van der Waals surface area contributed by atoms with Gasteiger partial charge in [0, 0.05) is 13.2 Å². The lowest BCUT2D eigenvalue weighted by molar-refractivity contribution is 0.118. The Morgan fingerprint density at radius 3 is 2.67 bits per heavy atom. The SMILES string of the molecule is NC(=NCC1CCCO1)NCCc1cc(F)c(F)c(F)c1. The van der Waals surface area contributed by atoms with Crippen molar-refractivity contribution in [1.29, 1.82) is 0 Å². The Hall–Kier alpha value is -1.76. The highest BCUT2D eigenvalue weighted by Crippen LogP contribution is 2.14. The molecular weight excluding hydrogens is 283 g/mol. The molecule has 1 aliphatic rings. The number of ether oxygens (including phenoxy) is 1. The maximum absolute atomic E-state index is 13.0. The number of benzene rings is 1. The monoisotopic (exact) mass is 301 g/mol. The van der Waals surface area contributed by atoms with E-state index in [4.69, 9.17) is 10.5 Å². The fraction of sp³-hybridized carbons (Fsp3) is 0.500. The molecule has 2 rings (SSSR count). The lowest BCUT2D eigenvalue weighted by atomic mass is 10.1. The largest absolute Gasteiger partial charge is 0.376 e. The maximum atomic E-state index is 13.0. The molecule has 21 heavy (non-hydrogen) atoms. The Kier molecular flexibility index (Phi) is 5.44. The van der Waals surface area contributed by atoms with E-state index in [1.54, 1.807) is 0 Å². The molecule has 1 aromatic carbocycles. The summed E-state index contributed by atoms with van der Waals surface area (Å²) in [6.07, 6.45) is 2.44. The van der Waals surface area contributed by atoms with Crippen LogP contribution < -0.4 is 11.1 Å². The molecule has 0 amide bonds. The van der Waals surface area contributed by atoms with Crippen molar-refractivity contribution in [2.45, 2.75) is 25.4 Å². The first kappa shape index (κ1) is 15.6. The first-order valence-electron chi connectivity index (χ1n) is 6.85. The number of nitrogens with two attached hydrogens (primary N) is 1. The van der Waals surface area contributed by atoms with Gasteiger partial charge in [0.25, 0.3) is 0 Å². The predicted molar refractivity (Wildman–Crippen MR) is 73.5 cm³/mol. The highest BCUT2D eigenvalue weighted by molar-refractivity contribution is 5.77. The second-order valence-electron chi connectivity index (χ2n) is 4.91. The average Bonchev–Trinajstić information content (AvgIpc) is 2.96. The van der Waals surface area contributed by atoms with Gasteiger partial charge in [-0.1, -0.05) is 0 Å². The first-order chi connectivity index (χ1) is 10.1. The molecule has 1 atom stereocenters. The van der Waals surface area contributed by atoms with Gasteiger partial charge in [-0.25, -0.2) is 13.2 Å². The molecule has 0 spiro atoms. The van der Waals surface area contributed by atoms with E-state index in [0.717, 1.165) is 31.6 Å². The zero-order valence-electron chi connectivity index (χ0n) is 11.5. The Morgan fingerprint density at radius 2 is 2.05 bits per heavy atom. The summed E-state index contributed by atoms with van der Waals surface area (Å²) in [6, 6.07) is 1.94. The molecule has 0 bridgehead atoms. The number of aliphatic imine (C=N–C) groups is 1. The van der Waals surface area contributed by atoms with Crippen molar-refractivity contribution in [2.75, 3.05) is 19.7 Å². The van der Waals surface area contributed by atoms with Crippen LogP contribution in [0.5, 0.6) is 0 Å². The molecule has 3 N–H and O–H groups in total. The zero-order chi connectivity index (χ0) is 15.2. The van der Waals surface area contributed by atoms with Crippen molar-refractivity contribution in [2.24, 2.45) is 10.7 Å². The lowest BCUT2D eigenvalue weighted by Gasteiger charge is -2.09. The molecule has 7 heteroatoms. The maximum Gasteiger partial charge on any atom is 0.194 e. The molecule has 1 aromatic rings. The van der Waals surface area contributed by atoms with E-state index in [-0.39, 0.29) is 12.1 Å². The number of guanidine groups is 1. The average molecular weight is 301 g/mol. The van der Waals surface area contributed by atoms with Crippen molar-refractivity contribution < 1.29 is 17.9 Å². The summed E-state index contributed by atoms with van der Waals surface area (Å²) >= 11 is 0. The summed E-state index contributed by atoms with van der Waals surface area (Å²) in [7, 11) is 0. The molecule has 0 radical (unpaired) electrons. The molecule has 1 unspecified atom stereocenters. The van der Waals surface area contributed by atoms with Gasteiger partial charge in [-0.05, 0) is 37.0 Å². The Bertz CT molecular complexity index is 493. The third-order valence-corrected chi connectivity index (χ3v) is 3.25. The molecule has 0 saturated carbocycles. The van der Waals surface area contributed by atoms with E-state index < -0.39 is 17.5 Å². The van der Waals surface area contributed by atoms with Crippen LogP contribution in [0.2, 0.25) is 0 Å². The van der Waals surface area contributed by atoms with Gasteiger partial charge in [0.2, 0.25) is 0 Å². The fourth-order valence-corrected chi connectivity index (χ4v) is 2.13. The number of halogens is 3. The van der Waals surface area contributed by atoms with Gasteiger partial charge in [0.05, 0.1) is 12.6 Å². The minimum atomic E-state index is -1.45. The van der Waals surface area contributed by atoms with Crippen LogP contribution in [0.3, 0.4) is 0 Å². The van der Waals surface area contributed by atoms with E-state index in [0.29, 0.717) is 25.1 Å². The smallest absolute Gasteiger partial charge is 0.194 e. The van der Waals surface area contributed by atoms with Crippen LogP contribution in [-0.2, 0) is 11.2 Å². The van der Waals surface area contributed by atoms with Crippen molar-refractivity contribution in [1.82, 2.24) is 5.32 Å². The van der Waals surface area contributed by atoms with Crippen molar-refractivity contribution in [3.8, 4) is 0 Å². The number of hydrogen-bond acceptors (Lipinski definition) is 2. The van der Waals surface area contributed by atoms with Crippen LogP contribution in [0.1, 0.15) is 18.4 Å². The lowest BCUT2D eigenvalue weighted by Crippen LogP contribution is -2.34. The van der Waals surface area contributed by atoms with Crippen LogP contribution in [0, 0.1) is 17.5 Å². The van der Waals surface area contributed by atoms with Crippen LogP contribution in [0.4, 0.5) is 13.2 Å². The number of rotatable bonds is 5. The van der Waals surface area contributed by atoms with Gasteiger partial charge in [0.1, 0.15) is 0 Å². The fourth-order valence-electron chi connectivity index (χ4n) is 2.13. The highest BCUT2D eigenvalue weighted by Gasteiger charge is 2.14. The van der Waals surface area contributed by atoms with E-state index in [2.05, 4.69) is 10.3 Å². The van der Waals surface area contributed by atoms with Gasteiger partial charge in [-0.3, -0.25) is 4.99 Å². The van der Waals surface area contributed by atoms with Crippen LogP contribution in [0.25, 0.3) is 0 Å². The number of hydrogen-bond donors (Lipinski definition) is 2. The zero-order valence-corrected chi connectivity index (χ0v) is 11.5. The normalized spacial score (nSPS) is 19.0. The minimum Gasteiger partial charge on any atom is -0.376 e. The third-order valence-electron chi connectivity index (χ3n) is 3.25. The topological polar surface area (TPSA) is 59.6 Å². The van der Waals surface area contributed by atoms with Crippen LogP contribution >= 0.6 is 0 Å². The van der Waals surface area contributed by atoms with Crippen molar-refractivity contribution in [3.63, 3.8) is 0 Å². The van der Waals surface area contributed by atoms with E-state index in [1.165, 1.54) is 0 Å². The Morgan fingerprint density at radius 1 is 1.33 bits per heavy atom. The van der Waals surface area contributed by atoms with Gasteiger partial charge in [0.15, 0.2) is 23.4 Å².